The third kappa shape index (κ3) is 3.45. The fourth-order valence-electron chi connectivity index (χ4n) is 2.14. The van der Waals surface area contributed by atoms with Gasteiger partial charge in [-0.15, -0.1) is 0 Å². The maximum absolute atomic E-state index is 5.78. The Kier molecular flexibility index (Phi) is 4.40. The molecule has 17 heavy (non-hydrogen) atoms. The van der Waals surface area contributed by atoms with Gasteiger partial charge in [0.1, 0.15) is 5.75 Å². The lowest BCUT2D eigenvalue weighted by molar-refractivity contribution is -0.0263. The molecule has 0 amide bonds. The third-order valence-corrected chi connectivity index (χ3v) is 3.43. The first-order valence-electron chi connectivity index (χ1n) is 6.26. The highest BCUT2D eigenvalue weighted by Crippen LogP contribution is 2.28. The van der Waals surface area contributed by atoms with Crippen molar-refractivity contribution in [2.45, 2.75) is 25.4 Å². The molecule has 0 atom stereocenters. The molecule has 1 aromatic carbocycles. The van der Waals surface area contributed by atoms with Gasteiger partial charge in [0.25, 0.3) is 0 Å². The van der Waals surface area contributed by atoms with E-state index in [4.69, 9.17) is 15.2 Å². The lowest BCUT2D eigenvalue weighted by atomic mass is 9.82. The van der Waals surface area contributed by atoms with E-state index in [1.807, 2.05) is 12.1 Å². The van der Waals surface area contributed by atoms with Crippen molar-refractivity contribution < 1.29 is 9.47 Å². The second-order valence-electron chi connectivity index (χ2n) is 4.66. The second-order valence-corrected chi connectivity index (χ2v) is 4.66. The number of methoxy groups -OCH3 is 1. The van der Waals surface area contributed by atoms with Gasteiger partial charge < -0.3 is 15.2 Å². The van der Waals surface area contributed by atoms with E-state index in [-0.39, 0.29) is 0 Å². The number of nitrogens with two attached hydrogens (primary N) is 1. The average Bonchev–Trinajstić information content (AvgIpc) is 2.33. The van der Waals surface area contributed by atoms with Crippen LogP contribution in [0.25, 0.3) is 0 Å². The summed E-state index contributed by atoms with van der Waals surface area (Å²) < 4.78 is 10.9. The van der Waals surface area contributed by atoms with Crippen LogP contribution in [0.4, 0.5) is 0 Å². The van der Waals surface area contributed by atoms with Crippen molar-refractivity contribution in [2.75, 3.05) is 20.3 Å². The molecule has 0 heterocycles. The van der Waals surface area contributed by atoms with Crippen molar-refractivity contribution in [1.82, 2.24) is 0 Å². The summed E-state index contributed by atoms with van der Waals surface area (Å²) in [7, 11) is 1.68. The molecule has 0 aromatic heterocycles. The highest BCUT2D eigenvalue weighted by molar-refractivity contribution is 5.27. The van der Waals surface area contributed by atoms with Crippen LogP contribution in [-0.2, 0) is 11.2 Å². The minimum atomic E-state index is 0.446. The van der Waals surface area contributed by atoms with Crippen LogP contribution >= 0.6 is 0 Å². The van der Waals surface area contributed by atoms with E-state index < -0.39 is 0 Å². The van der Waals surface area contributed by atoms with E-state index in [0.29, 0.717) is 12.0 Å². The van der Waals surface area contributed by atoms with Gasteiger partial charge in [0, 0.05) is 0 Å². The molecule has 1 saturated carbocycles. The lowest BCUT2D eigenvalue weighted by Crippen LogP contribution is -2.36. The number of hydrogen-bond donors (Lipinski definition) is 1. The highest BCUT2D eigenvalue weighted by Gasteiger charge is 2.28. The Morgan fingerprint density at radius 2 is 1.94 bits per heavy atom. The summed E-state index contributed by atoms with van der Waals surface area (Å²) in [5.74, 6) is 1.60. The molecular formula is C14H21NO2. The van der Waals surface area contributed by atoms with Crippen LogP contribution < -0.4 is 10.5 Å². The van der Waals surface area contributed by atoms with Gasteiger partial charge in [0.2, 0.25) is 0 Å². The van der Waals surface area contributed by atoms with Crippen molar-refractivity contribution in [1.29, 1.82) is 0 Å². The molecule has 1 aliphatic rings. The molecule has 0 radical (unpaired) electrons. The van der Waals surface area contributed by atoms with Crippen LogP contribution in [0.2, 0.25) is 0 Å². The highest BCUT2D eigenvalue weighted by atomic mass is 16.5. The van der Waals surface area contributed by atoms with Crippen LogP contribution in [0.5, 0.6) is 5.75 Å². The van der Waals surface area contributed by atoms with Crippen molar-refractivity contribution in [3.8, 4) is 5.75 Å². The quantitative estimate of drug-likeness (QED) is 0.820. The van der Waals surface area contributed by atoms with E-state index in [9.17, 15) is 0 Å². The molecule has 0 unspecified atom stereocenters. The number of rotatable bonds is 6. The van der Waals surface area contributed by atoms with Crippen molar-refractivity contribution in [3.63, 3.8) is 0 Å². The number of hydrogen-bond acceptors (Lipinski definition) is 3. The number of benzene rings is 1. The molecular weight excluding hydrogens is 214 g/mol. The predicted molar refractivity (Wildman–Crippen MR) is 68.2 cm³/mol. The average molecular weight is 235 g/mol. The van der Waals surface area contributed by atoms with E-state index in [1.165, 1.54) is 5.56 Å². The molecule has 2 N–H and O–H groups in total. The zero-order valence-electron chi connectivity index (χ0n) is 10.4. The van der Waals surface area contributed by atoms with E-state index in [2.05, 4.69) is 12.1 Å². The molecule has 1 aromatic rings. The standard InChI is InChI=1S/C14H21NO2/c1-16-13-4-2-11(3-5-13)6-7-17-14-8-12(9-14)10-15/h2-5,12,14H,6-10,15H2,1H3. The van der Waals surface area contributed by atoms with Gasteiger partial charge in [0.15, 0.2) is 0 Å². The molecule has 1 aliphatic carbocycles. The molecule has 1 fully saturated rings. The Bertz CT molecular complexity index is 331. The van der Waals surface area contributed by atoms with Gasteiger partial charge in [-0.1, -0.05) is 12.1 Å². The molecule has 3 heteroatoms. The first-order valence-corrected chi connectivity index (χ1v) is 6.26. The first kappa shape index (κ1) is 12.4. The Morgan fingerprint density at radius 3 is 2.53 bits per heavy atom. The van der Waals surface area contributed by atoms with Gasteiger partial charge >= 0.3 is 0 Å². The van der Waals surface area contributed by atoms with Crippen molar-refractivity contribution in [2.24, 2.45) is 11.7 Å². The molecule has 0 aliphatic heterocycles. The van der Waals surface area contributed by atoms with Crippen LogP contribution in [0.15, 0.2) is 24.3 Å². The van der Waals surface area contributed by atoms with Crippen LogP contribution in [0, 0.1) is 5.92 Å². The summed E-state index contributed by atoms with van der Waals surface area (Å²) in [6.45, 7) is 1.60. The number of ether oxygens (including phenoxy) is 2. The molecule has 0 saturated heterocycles. The summed E-state index contributed by atoms with van der Waals surface area (Å²) >= 11 is 0. The van der Waals surface area contributed by atoms with Gasteiger partial charge in [-0.2, -0.15) is 0 Å². The molecule has 0 spiro atoms. The second kappa shape index (κ2) is 6.03. The summed E-state index contributed by atoms with van der Waals surface area (Å²) in [5.41, 5.74) is 6.87. The van der Waals surface area contributed by atoms with Gasteiger partial charge in [-0.3, -0.25) is 0 Å². The Labute approximate surface area is 103 Å². The smallest absolute Gasteiger partial charge is 0.118 e. The largest absolute Gasteiger partial charge is 0.497 e. The van der Waals surface area contributed by atoms with Crippen LogP contribution in [0.3, 0.4) is 0 Å². The third-order valence-electron chi connectivity index (χ3n) is 3.43. The van der Waals surface area contributed by atoms with E-state index in [0.717, 1.165) is 38.2 Å². The van der Waals surface area contributed by atoms with Crippen LogP contribution in [-0.4, -0.2) is 26.4 Å². The zero-order valence-corrected chi connectivity index (χ0v) is 10.4. The molecule has 2 rings (SSSR count). The fraction of sp³-hybridized carbons (Fsp3) is 0.571. The molecule has 0 bridgehead atoms. The predicted octanol–water partition coefficient (Wildman–Crippen LogP) is 1.99. The molecule has 3 nitrogen and oxygen atoms in total. The monoisotopic (exact) mass is 235 g/mol. The summed E-state index contributed by atoms with van der Waals surface area (Å²) in [4.78, 5) is 0. The van der Waals surface area contributed by atoms with Crippen molar-refractivity contribution in [3.05, 3.63) is 29.8 Å². The minimum Gasteiger partial charge on any atom is -0.497 e. The first-order chi connectivity index (χ1) is 8.31. The van der Waals surface area contributed by atoms with Gasteiger partial charge in [0.05, 0.1) is 19.8 Å². The van der Waals surface area contributed by atoms with Crippen molar-refractivity contribution >= 4 is 0 Å². The maximum atomic E-state index is 5.78. The van der Waals surface area contributed by atoms with E-state index >= 15 is 0 Å². The topological polar surface area (TPSA) is 44.5 Å². The Morgan fingerprint density at radius 1 is 1.24 bits per heavy atom. The lowest BCUT2D eigenvalue weighted by Gasteiger charge is -2.34. The summed E-state index contributed by atoms with van der Waals surface area (Å²) in [6, 6.07) is 8.16. The Hall–Kier alpha value is -1.06. The fourth-order valence-corrected chi connectivity index (χ4v) is 2.14. The van der Waals surface area contributed by atoms with E-state index in [1.54, 1.807) is 7.11 Å². The summed E-state index contributed by atoms with van der Waals surface area (Å²) in [6.07, 6.45) is 3.69. The normalized spacial score (nSPS) is 23.2. The molecule has 94 valence electrons. The summed E-state index contributed by atoms with van der Waals surface area (Å²) in [5, 5.41) is 0. The Balaban J connectivity index is 1.64. The SMILES string of the molecule is COc1ccc(CCOC2CC(CN)C2)cc1. The minimum absolute atomic E-state index is 0.446. The van der Waals surface area contributed by atoms with Gasteiger partial charge in [-0.05, 0) is 49.4 Å². The maximum Gasteiger partial charge on any atom is 0.118 e. The van der Waals surface area contributed by atoms with Gasteiger partial charge in [-0.25, -0.2) is 0 Å². The zero-order chi connectivity index (χ0) is 12.1. The van der Waals surface area contributed by atoms with Crippen LogP contribution in [0.1, 0.15) is 18.4 Å².